The third-order valence-corrected chi connectivity index (χ3v) is 2.20. The molecule has 0 radical (unpaired) electrons. The highest BCUT2D eigenvalue weighted by Gasteiger charge is 1.92. The summed E-state index contributed by atoms with van der Waals surface area (Å²) in [4.78, 5) is 10.5. The Bertz CT molecular complexity index is 530. The van der Waals surface area contributed by atoms with Crippen molar-refractivity contribution >= 4 is 23.3 Å². The highest BCUT2D eigenvalue weighted by atomic mass is 16.1. The number of carbonyl (C=O) groups excluding carboxylic acids is 1. The maximum atomic E-state index is 10.5. The maximum Gasteiger partial charge on any atom is 0.150 e. The topological polar surface area (TPSA) is 67.8 Å². The minimum Gasteiger partial charge on any atom is -0.399 e. The van der Waals surface area contributed by atoms with Crippen LogP contribution in [0.15, 0.2) is 58.8 Å². The van der Waals surface area contributed by atoms with E-state index in [1.165, 1.54) is 0 Å². The second-order valence-electron chi connectivity index (χ2n) is 3.50. The van der Waals surface area contributed by atoms with E-state index in [9.17, 15) is 4.79 Å². The summed E-state index contributed by atoms with van der Waals surface area (Å²) in [6, 6.07) is 14.0. The van der Waals surface area contributed by atoms with E-state index >= 15 is 0 Å². The Balaban J connectivity index is 2.14. The molecule has 0 atom stereocenters. The van der Waals surface area contributed by atoms with Gasteiger partial charge in [0.1, 0.15) is 6.29 Å². The van der Waals surface area contributed by atoms with E-state index in [4.69, 9.17) is 5.73 Å². The van der Waals surface area contributed by atoms with Crippen molar-refractivity contribution in [2.45, 2.75) is 0 Å². The number of nitrogen functional groups attached to an aromatic ring is 1. The Morgan fingerprint density at radius 3 is 1.76 bits per heavy atom. The third-order valence-electron chi connectivity index (χ3n) is 2.20. The van der Waals surface area contributed by atoms with Crippen LogP contribution in [0.1, 0.15) is 10.4 Å². The molecule has 4 nitrogen and oxygen atoms in total. The molecule has 0 bridgehead atoms. The summed E-state index contributed by atoms with van der Waals surface area (Å²) in [6.07, 6.45) is 0.793. The summed E-state index contributed by atoms with van der Waals surface area (Å²) in [6.45, 7) is 0. The molecule has 4 heteroatoms. The maximum absolute atomic E-state index is 10.5. The van der Waals surface area contributed by atoms with Gasteiger partial charge in [-0.3, -0.25) is 4.79 Å². The van der Waals surface area contributed by atoms with Crippen LogP contribution >= 0.6 is 0 Å². The predicted octanol–water partition coefficient (Wildman–Crippen LogP) is 3.50. The number of azo groups is 1. The van der Waals surface area contributed by atoms with Crippen molar-refractivity contribution in [2.75, 3.05) is 5.73 Å². The van der Waals surface area contributed by atoms with Crippen molar-refractivity contribution < 1.29 is 4.79 Å². The van der Waals surface area contributed by atoms with E-state index in [2.05, 4.69) is 10.2 Å². The molecule has 84 valence electrons. The lowest BCUT2D eigenvalue weighted by Gasteiger charge is -1.95. The number of rotatable bonds is 3. The van der Waals surface area contributed by atoms with Crippen molar-refractivity contribution in [3.8, 4) is 0 Å². The van der Waals surface area contributed by atoms with Crippen molar-refractivity contribution in [2.24, 2.45) is 10.2 Å². The van der Waals surface area contributed by atoms with E-state index in [1.54, 1.807) is 48.5 Å². The summed E-state index contributed by atoms with van der Waals surface area (Å²) in [5.41, 5.74) is 8.31. The van der Waals surface area contributed by atoms with Crippen LogP contribution in [0.4, 0.5) is 17.1 Å². The van der Waals surface area contributed by atoms with Crippen LogP contribution < -0.4 is 5.73 Å². The van der Waals surface area contributed by atoms with Gasteiger partial charge in [0, 0.05) is 11.3 Å². The van der Waals surface area contributed by atoms with Gasteiger partial charge in [0.2, 0.25) is 0 Å². The molecule has 0 saturated heterocycles. The molecule has 0 aromatic heterocycles. The number of hydrogen-bond acceptors (Lipinski definition) is 4. The highest BCUT2D eigenvalue weighted by molar-refractivity contribution is 5.75. The van der Waals surface area contributed by atoms with Gasteiger partial charge in [-0.05, 0) is 48.5 Å². The molecule has 0 saturated carbocycles. The summed E-state index contributed by atoms with van der Waals surface area (Å²) >= 11 is 0. The first-order valence-electron chi connectivity index (χ1n) is 5.10. The number of anilines is 1. The lowest BCUT2D eigenvalue weighted by atomic mass is 10.2. The van der Waals surface area contributed by atoms with Crippen molar-refractivity contribution in [3.63, 3.8) is 0 Å². The Morgan fingerprint density at radius 1 is 0.824 bits per heavy atom. The molecule has 0 heterocycles. The summed E-state index contributed by atoms with van der Waals surface area (Å²) in [5, 5.41) is 8.10. The first kappa shape index (κ1) is 11.0. The molecular weight excluding hydrogens is 214 g/mol. The number of aldehydes is 1. The van der Waals surface area contributed by atoms with Crippen LogP contribution in [0.2, 0.25) is 0 Å². The quantitative estimate of drug-likeness (QED) is 0.493. The van der Waals surface area contributed by atoms with Crippen molar-refractivity contribution in [1.29, 1.82) is 0 Å². The third kappa shape index (κ3) is 2.98. The lowest BCUT2D eigenvalue weighted by Crippen LogP contribution is -1.80. The summed E-state index contributed by atoms with van der Waals surface area (Å²) in [7, 11) is 0. The zero-order valence-corrected chi connectivity index (χ0v) is 9.08. The Labute approximate surface area is 98.8 Å². The standard InChI is InChI=1S/C13H11N3O/c14-11-3-7-13(8-4-11)16-15-12-5-1-10(9-17)2-6-12/h1-9H,14H2. The normalized spacial score (nSPS) is 10.6. The van der Waals surface area contributed by atoms with Crippen LogP contribution in [0.25, 0.3) is 0 Å². The van der Waals surface area contributed by atoms with Gasteiger partial charge in [-0.15, -0.1) is 0 Å². The fourth-order valence-electron chi connectivity index (χ4n) is 1.28. The number of benzene rings is 2. The van der Waals surface area contributed by atoms with Crippen LogP contribution in [0.3, 0.4) is 0 Å². The molecule has 2 aromatic carbocycles. The van der Waals surface area contributed by atoms with Gasteiger partial charge >= 0.3 is 0 Å². The molecule has 2 aromatic rings. The lowest BCUT2D eigenvalue weighted by molar-refractivity contribution is 0.112. The fourth-order valence-corrected chi connectivity index (χ4v) is 1.28. The first-order chi connectivity index (χ1) is 8.28. The molecule has 17 heavy (non-hydrogen) atoms. The molecule has 0 spiro atoms. The van der Waals surface area contributed by atoms with Gasteiger partial charge in [-0.2, -0.15) is 10.2 Å². The number of hydrogen-bond donors (Lipinski definition) is 1. The van der Waals surface area contributed by atoms with Gasteiger partial charge in [0.15, 0.2) is 0 Å². The van der Waals surface area contributed by atoms with Crippen LogP contribution in [-0.4, -0.2) is 6.29 Å². The molecule has 0 aliphatic carbocycles. The van der Waals surface area contributed by atoms with Gasteiger partial charge in [0.25, 0.3) is 0 Å². The average Bonchev–Trinajstić information content (AvgIpc) is 2.39. The Hall–Kier alpha value is -2.49. The first-order valence-corrected chi connectivity index (χ1v) is 5.10. The molecule has 2 rings (SSSR count). The fraction of sp³-hybridized carbons (Fsp3) is 0. The largest absolute Gasteiger partial charge is 0.399 e. The van der Waals surface area contributed by atoms with Gasteiger partial charge in [-0.25, -0.2) is 0 Å². The zero-order valence-electron chi connectivity index (χ0n) is 9.08. The van der Waals surface area contributed by atoms with E-state index in [0.717, 1.165) is 12.0 Å². The second kappa shape index (κ2) is 5.03. The smallest absolute Gasteiger partial charge is 0.150 e. The van der Waals surface area contributed by atoms with E-state index in [1.807, 2.05) is 0 Å². The van der Waals surface area contributed by atoms with Crippen LogP contribution in [0.5, 0.6) is 0 Å². The average molecular weight is 225 g/mol. The Kier molecular flexibility index (Phi) is 3.25. The van der Waals surface area contributed by atoms with Gasteiger partial charge in [-0.1, -0.05) is 0 Å². The molecule has 0 aliphatic heterocycles. The number of nitrogens with two attached hydrogens (primary N) is 1. The molecular formula is C13H11N3O. The SMILES string of the molecule is Nc1ccc(N=Nc2ccc(C=O)cc2)cc1. The highest BCUT2D eigenvalue weighted by Crippen LogP contribution is 2.19. The van der Waals surface area contributed by atoms with E-state index in [-0.39, 0.29) is 0 Å². The summed E-state index contributed by atoms with van der Waals surface area (Å²) in [5.74, 6) is 0. The second-order valence-corrected chi connectivity index (χ2v) is 3.50. The van der Waals surface area contributed by atoms with Crippen molar-refractivity contribution in [3.05, 3.63) is 54.1 Å². The molecule has 0 fully saturated rings. The molecule has 0 aliphatic rings. The Morgan fingerprint density at radius 2 is 1.29 bits per heavy atom. The summed E-state index contributed by atoms with van der Waals surface area (Å²) < 4.78 is 0. The minimum absolute atomic E-state index is 0.622. The van der Waals surface area contributed by atoms with E-state index < -0.39 is 0 Å². The molecule has 0 amide bonds. The van der Waals surface area contributed by atoms with Crippen LogP contribution in [0, 0.1) is 0 Å². The minimum atomic E-state index is 0.622. The predicted molar refractivity (Wildman–Crippen MR) is 66.9 cm³/mol. The van der Waals surface area contributed by atoms with Gasteiger partial charge in [0.05, 0.1) is 11.4 Å². The molecule has 2 N–H and O–H groups in total. The monoisotopic (exact) mass is 225 g/mol. The zero-order chi connectivity index (χ0) is 12.1. The number of nitrogens with zero attached hydrogens (tertiary/aromatic N) is 2. The molecule has 0 unspecified atom stereocenters. The van der Waals surface area contributed by atoms with Gasteiger partial charge < -0.3 is 5.73 Å². The van der Waals surface area contributed by atoms with Crippen LogP contribution in [-0.2, 0) is 0 Å². The van der Waals surface area contributed by atoms with Crippen molar-refractivity contribution in [1.82, 2.24) is 0 Å². The number of carbonyl (C=O) groups is 1. The van der Waals surface area contributed by atoms with E-state index in [0.29, 0.717) is 16.9 Å².